The molecule has 29 heavy (non-hydrogen) atoms. The van der Waals surface area contributed by atoms with Crippen molar-refractivity contribution < 1.29 is 9.59 Å². The fraction of sp³-hybridized carbons (Fsp3) is 0.250. The van der Waals surface area contributed by atoms with Gasteiger partial charge in [-0.15, -0.1) is 0 Å². The van der Waals surface area contributed by atoms with Gasteiger partial charge in [-0.3, -0.25) is 9.59 Å². The Balaban J connectivity index is 1.84. The summed E-state index contributed by atoms with van der Waals surface area (Å²) < 4.78 is 0. The zero-order valence-electron chi connectivity index (χ0n) is 17.3. The van der Waals surface area contributed by atoms with E-state index in [4.69, 9.17) is 0 Å². The molecule has 0 radical (unpaired) electrons. The van der Waals surface area contributed by atoms with Gasteiger partial charge in [0.1, 0.15) is 0 Å². The molecule has 0 aliphatic heterocycles. The normalized spacial score (nSPS) is 10.8. The number of carbonyl (C=O) groups is 2. The number of amides is 2. The highest BCUT2D eigenvalue weighted by molar-refractivity contribution is 6.08. The first kappa shape index (κ1) is 20.4. The van der Waals surface area contributed by atoms with Crippen LogP contribution < -0.4 is 15.5 Å². The van der Waals surface area contributed by atoms with E-state index in [-0.39, 0.29) is 11.8 Å². The molecule has 0 saturated carbocycles. The van der Waals surface area contributed by atoms with Crippen LogP contribution in [0.4, 0.5) is 11.4 Å². The van der Waals surface area contributed by atoms with Crippen LogP contribution in [0.2, 0.25) is 0 Å². The number of benzene rings is 3. The summed E-state index contributed by atoms with van der Waals surface area (Å²) in [6, 6.07) is 18.9. The first-order valence-electron chi connectivity index (χ1n) is 9.75. The number of anilines is 2. The fourth-order valence-corrected chi connectivity index (χ4v) is 3.11. The highest BCUT2D eigenvalue weighted by Crippen LogP contribution is 2.24. The molecule has 5 nitrogen and oxygen atoms in total. The van der Waals surface area contributed by atoms with Crippen LogP contribution >= 0.6 is 0 Å². The lowest BCUT2D eigenvalue weighted by Gasteiger charge is -2.19. The molecule has 150 valence electrons. The van der Waals surface area contributed by atoms with Crippen molar-refractivity contribution in [3.63, 3.8) is 0 Å². The zero-order chi connectivity index (χ0) is 21.0. The Kier molecular flexibility index (Phi) is 6.17. The Morgan fingerprint density at radius 3 is 2.31 bits per heavy atom. The van der Waals surface area contributed by atoms with Crippen molar-refractivity contribution in [2.75, 3.05) is 30.9 Å². The number of nitrogens with one attached hydrogen (secondary N) is 2. The molecular weight excluding hydrogens is 362 g/mol. The smallest absolute Gasteiger partial charge is 0.255 e. The Bertz CT molecular complexity index is 1040. The van der Waals surface area contributed by atoms with Gasteiger partial charge in [-0.2, -0.15) is 0 Å². The number of fused-ring (bicyclic) bond motifs is 1. The number of hydrogen-bond acceptors (Lipinski definition) is 3. The summed E-state index contributed by atoms with van der Waals surface area (Å²) in [5.74, 6) is 0.00337. The molecule has 0 heterocycles. The molecule has 0 fully saturated rings. The molecule has 0 unspecified atom stereocenters. The molecule has 0 atom stereocenters. The minimum Gasteiger partial charge on any atom is -0.377 e. The summed E-state index contributed by atoms with van der Waals surface area (Å²) in [5, 5.41) is 7.96. The molecule has 3 rings (SSSR count). The van der Waals surface area contributed by atoms with E-state index in [0.29, 0.717) is 29.3 Å². The maximum Gasteiger partial charge on any atom is 0.255 e. The number of nitrogens with zero attached hydrogens (tertiary/aromatic N) is 1. The Morgan fingerprint density at radius 2 is 1.62 bits per heavy atom. The van der Waals surface area contributed by atoms with Gasteiger partial charge in [-0.05, 0) is 47.0 Å². The number of hydrogen-bond donors (Lipinski definition) is 2. The number of rotatable bonds is 6. The van der Waals surface area contributed by atoms with E-state index in [9.17, 15) is 9.59 Å². The molecule has 0 aliphatic carbocycles. The van der Waals surface area contributed by atoms with Crippen molar-refractivity contribution in [3.8, 4) is 0 Å². The minimum absolute atomic E-state index is 0.149. The summed E-state index contributed by atoms with van der Waals surface area (Å²) in [4.78, 5) is 27.3. The minimum atomic E-state index is -0.207. The molecule has 0 bridgehead atoms. The van der Waals surface area contributed by atoms with Crippen molar-refractivity contribution in [1.29, 1.82) is 0 Å². The third-order valence-electron chi connectivity index (χ3n) is 4.66. The number of carbonyl (C=O) groups excluding carboxylic acids is 2. The maximum atomic E-state index is 12.8. The van der Waals surface area contributed by atoms with Gasteiger partial charge in [-0.25, -0.2) is 0 Å². The van der Waals surface area contributed by atoms with Crippen LogP contribution in [0.15, 0.2) is 60.7 Å². The first-order chi connectivity index (χ1) is 13.8. The first-order valence-corrected chi connectivity index (χ1v) is 9.75. The molecule has 2 N–H and O–H groups in total. The van der Waals surface area contributed by atoms with Gasteiger partial charge in [-0.1, -0.05) is 44.2 Å². The standard InChI is InChI=1S/C24H27N3O2/c1-16(2)15-25-24(29)21-14-20(11-12-22(21)27(3)4)26-23(28)19-10-9-17-7-5-6-8-18(17)13-19/h5-14,16H,15H2,1-4H3,(H,25,29)(H,26,28). The Morgan fingerprint density at radius 1 is 0.897 bits per heavy atom. The predicted molar refractivity (Wildman–Crippen MR) is 120 cm³/mol. The van der Waals surface area contributed by atoms with Gasteiger partial charge in [0, 0.05) is 37.6 Å². The van der Waals surface area contributed by atoms with Crippen molar-refractivity contribution in [1.82, 2.24) is 5.32 Å². The topological polar surface area (TPSA) is 61.4 Å². The summed E-state index contributed by atoms with van der Waals surface area (Å²) >= 11 is 0. The van der Waals surface area contributed by atoms with Gasteiger partial charge in [0.2, 0.25) is 0 Å². The average molecular weight is 389 g/mol. The van der Waals surface area contributed by atoms with Crippen LogP contribution in [-0.4, -0.2) is 32.5 Å². The molecule has 0 saturated heterocycles. The van der Waals surface area contributed by atoms with Crippen LogP contribution in [0.5, 0.6) is 0 Å². The molecule has 5 heteroatoms. The molecule has 3 aromatic rings. The molecule has 0 aliphatic rings. The van der Waals surface area contributed by atoms with Crippen LogP contribution in [0.25, 0.3) is 10.8 Å². The highest BCUT2D eigenvalue weighted by atomic mass is 16.2. The summed E-state index contributed by atoms with van der Waals surface area (Å²) in [7, 11) is 3.78. The van der Waals surface area contributed by atoms with Crippen LogP contribution in [0.3, 0.4) is 0 Å². The Hall–Kier alpha value is -3.34. The van der Waals surface area contributed by atoms with E-state index < -0.39 is 0 Å². The fourth-order valence-electron chi connectivity index (χ4n) is 3.11. The molecule has 0 spiro atoms. The average Bonchev–Trinajstić information content (AvgIpc) is 2.71. The second-order valence-corrected chi connectivity index (χ2v) is 7.75. The predicted octanol–water partition coefficient (Wildman–Crippen LogP) is 4.54. The van der Waals surface area contributed by atoms with E-state index in [1.165, 1.54) is 0 Å². The van der Waals surface area contributed by atoms with Gasteiger partial charge in [0.25, 0.3) is 11.8 Å². The van der Waals surface area contributed by atoms with Crippen LogP contribution in [0.1, 0.15) is 34.6 Å². The van der Waals surface area contributed by atoms with E-state index in [1.54, 1.807) is 6.07 Å². The zero-order valence-corrected chi connectivity index (χ0v) is 17.3. The molecular formula is C24H27N3O2. The second-order valence-electron chi connectivity index (χ2n) is 7.75. The van der Waals surface area contributed by atoms with E-state index in [0.717, 1.165) is 16.5 Å². The van der Waals surface area contributed by atoms with Crippen molar-refractivity contribution in [2.24, 2.45) is 5.92 Å². The largest absolute Gasteiger partial charge is 0.377 e. The van der Waals surface area contributed by atoms with Crippen LogP contribution in [-0.2, 0) is 0 Å². The maximum absolute atomic E-state index is 12.8. The monoisotopic (exact) mass is 389 g/mol. The van der Waals surface area contributed by atoms with E-state index in [2.05, 4.69) is 10.6 Å². The Labute approximate surface area is 171 Å². The molecule has 3 aromatic carbocycles. The van der Waals surface area contributed by atoms with E-state index >= 15 is 0 Å². The van der Waals surface area contributed by atoms with E-state index in [1.807, 2.05) is 87.4 Å². The molecule has 2 amide bonds. The van der Waals surface area contributed by atoms with Gasteiger partial charge >= 0.3 is 0 Å². The summed E-state index contributed by atoms with van der Waals surface area (Å²) in [6.07, 6.45) is 0. The highest BCUT2D eigenvalue weighted by Gasteiger charge is 2.15. The lowest BCUT2D eigenvalue weighted by atomic mass is 10.1. The summed E-state index contributed by atoms with van der Waals surface area (Å²) in [5.41, 5.74) is 2.50. The lowest BCUT2D eigenvalue weighted by molar-refractivity contribution is 0.0948. The summed E-state index contributed by atoms with van der Waals surface area (Å²) in [6.45, 7) is 4.69. The third kappa shape index (κ3) is 4.93. The van der Waals surface area contributed by atoms with Crippen molar-refractivity contribution in [2.45, 2.75) is 13.8 Å². The van der Waals surface area contributed by atoms with Gasteiger partial charge < -0.3 is 15.5 Å². The van der Waals surface area contributed by atoms with Crippen molar-refractivity contribution >= 4 is 34.0 Å². The third-order valence-corrected chi connectivity index (χ3v) is 4.66. The van der Waals surface area contributed by atoms with Crippen molar-refractivity contribution in [3.05, 3.63) is 71.8 Å². The van der Waals surface area contributed by atoms with Gasteiger partial charge in [0.15, 0.2) is 0 Å². The lowest BCUT2D eigenvalue weighted by Crippen LogP contribution is -2.29. The van der Waals surface area contributed by atoms with Gasteiger partial charge in [0.05, 0.1) is 5.56 Å². The van der Waals surface area contributed by atoms with Crippen LogP contribution in [0, 0.1) is 5.92 Å². The SMILES string of the molecule is CC(C)CNC(=O)c1cc(NC(=O)c2ccc3ccccc3c2)ccc1N(C)C. The second kappa shape index (κ2) is 8.78. The quantitative estimate of drug-likeness (QED) is 0.650. The molecule has 0 aromatic heterocycles.